The highest BCUT2D eigenvalue weighted by Gasteiger charge is 2.49. The molecule has 4 atom stereocenters. The fourth-order valence-electron chi connectivity index (χ4n) is 7.87. The summed E-state index contributed by atoms with van der Waals surface area (Å²) in [4.78, 5) is 13.3. The van der Waals surface area contributed by atoms with Gasteiger partial charge < -0.3 is 30.0 Å². The number of thiophene rings is 1. The summed E-state index contributed by atoms with van der Waals surface area (Å²) < 4.78 is 65.3. The number of hydrogen-bond donors (Lipinski definition) is 2. The van der Waals surface area contributed by atoms with Crippen LogP contribution in [0.1, 0.15) is 31.2 Å². The molecule has 10 nitrogen and oxygen atoms in total. The molecule has 8 rings (SSSR count). The van der Waals surface area contributed by atoms with Gasteiger partial charge in [-0.1, -0.05) is 17.7 Å². The highest BCUT2D eigenvalue weighted by molar-refractivity contribution is 7.23. The van der Waals surface area contributed by atoms with Crippen molar-refractivity contribution >= 4 is 54.7 Å². The second-order valence-electron chi connectivity index (χ2n) is 12.5. The van der Waals surface area contributed by atoms with E-state index in [1.165, 1.54) is 12.1 Å². The lowest BCUT2D eigenvalue weighted by molar-refractivity contribution is -0.00608. The molecule has 47 heavy (non-hydrogen) atoms. The number of β-amino-alcohol motifs (C(OH)–C–C–N with tert-alkyl or cyclic N) is 1. The molecule has 4 aliphatic heterocycles. The maximum atomic E-state index is 17.2. The first kappa shape index (κ1) is 30.7. The Balaban J connectivity index is 1.37. The average Bonchev–Trinajstić information content (AvgIpc) is 3.68. The van der Waals surface area contributed by atoms with Crippen molar-refractivity contribution in [3.63, 3.8) is 0 Å². The van der Waals surface area contributed by atoms with Crippen LogP contribution in [0.15, 0.2) is 12.1 Å². The summed E-state index contributed by atoms with van der Waals surface area (Å²) in [6.45, 7) is 1.77. The summed E-state index contributed by atoms with van der Waals surface area (Å²) in [5.41, 5.74) is 5.42. The minimum Gasteiger partial charge on any atom is -0.483 e. The predicted molar refractivity (Wildman–Crippen MR) is 171 cm³/mol. The van der Waals surface area contributed by atoms with Gasteiger partial charge in [-0.25, -0.2) is 13.2 Å². The lowest BCUT2D eigenvalue weighted by Crippen LogP contribution is -2.52. The molecule has 2 aromatic heterocycles. The molecule has 4 aliphatic rings. The number of hydrogen-bond acceptors (Lipinski definition) is 11. The van der Waals surface area contributed by atoms with Crippen LogP contribution in [0.25, 0.3) is 32.1 Å². The van der Waals surface area contributed by atoms with Crippen LogP contribution in [0.3, 0.4) is 0 Å². The molecule has 246 valence electrons. The summed E-state index contributed by atoms with van der Waals surface area (Å²) in [6.07, 6.45) is 0.985. The number of benzene rings is 2. The molecule has 3 saturated heterocycles. The third-order valence-corrected chi connectivity index (χ3v) is 11.3. The van der Waals surface area contributed by atoms with Crippen molar-refractivity contribution in [3.05, 3.63) is 34.4 Å². The Bertz CT molecular complexity index is 1980. The second kappa shape index (κ2) is 11.5. The molecule has 0 bridgehead atoms. The minimum absolute atomic E-state index is 0.00668. The number of nitrogens with two attached hydrogens (primary N) is 1. The number of aromatic nitrogens is 2. The summed E-state index contributed by atoms with van der Waals surface area (Å²) in [7, 11) is 0. The highest BCUT2D eigenvalue weighted by Crippen LogP contribution is 2.52. The monoisotopic (exact) mass is 686 g/mol. The molecule has 6 heterocycles. The Kier molecular flexibility index (Phi) is 7.53. The Morgan fingerprint density at radius 3 is 2.94 bits per heavy atom. The van der Waals surface area contributed by atoms with Gasteiger partial charge in [-0.15, -0.1) is 11.3 Å². The molecule has 0 unspecified atom stereocenters. The Labute approximate surface area is 276 Å². The number of fused-ring (bicyclic) bond motifs is 3. The van der Waals surface area contributed by atoms with E-state index < -0.39 is 29.4 Å². The van der Waals surface area contributed by atoms with Crippen LogP contribution >= 0.6 is 22.9 Å². The number of alkyl halides is 1. The number of aliphatic hydroxyl groups is 1. The average molecular weight is 687 g/mol. The zero-order valence-electron chi connectivity index (χ0n) is 25.1. The van der Waals surface area contributed by atoms with E-state index in [4.69, 9.17) is 36.5 Å². The number of nitriles is 1. The van der Waals surface area contributed by atoms with Crippen molar-refractivity contribution < 1.29 is 32.5 Å². The standard InChI is InChI=1S/C32H30ClF3N6O4S/c33-24-22(16-2-3-18(35)28-21(16)17(11-37)29(38)47-28)25(36)26-23-27(24)46-20-13-44-9-4-19(20)42(7-8-43)30(23)40-31(39-26)45-14-32-5-1-6-41(32)12-15(34)10-32/h2-3,15,19-20,43H,1,4-10,12-14,38H2/t15-,19+,20+,32+/m1/s1. The third-order valence-electron chi connectivity index (χ3n) is 9.92. The van der Waals surface area contributed by atoms with Crippen LogP contribution in [0, 0.1) is 23.0 Å². The maximum Gasteiger partial charge on any atom is 0.319 e. The number of nitrogen functional groups attached to an aromatic ring is 1. The van der Waals surface area contributed by atoms with Gasteiger partial charge in [0.2, 0.25) is 0 Å². The van der Waals surface area contributed by atoms with E-state index in [0.717, 1.165) is 30.7 Å². The van der Waals surface area contributed by atoms with Gasteiger partial charge in [-0.05, 0) is 37.4 Å². The fourth-order valence-corrected chi connectivity index (χ4v) is 9.14. The number of halogens is 4. The lowest BCUT2D eigenvalue weighted by Gasteiger charge is -2.38. The van der Waals surface area contributed by atoms with Gasteiger partial charge in [0, 0.05) is 37.1 Å². The second-order valence-corrected chi connectivity index (χ2v) is 13.9. The molecule has 0 spiro atoms. The van der Waals surface area contributed by atoms with Crippen molar-refractivity contribution in [3.8, 4) is 29.0 Å². The smallest absolute Gasteiger partial charge is 0.319 e. The molecule has 0 radical (unpaired) electrons. The van der Waals surface area contributed by atoms with Crippen molar-refractivity contribution in [2.45, 2.75) is 49.5 Å². The van der Waals surface area contributed by atoms with Gasteiger partial charge in [0.15, 0.2) is 11.6 Å². The van der Waals surface area contributed by atoms with Crippen LogP contribution in [0.2, 0.25) is 5.02 Å². The molecule has 3 fully saturated rings. The third kappa shape index (κ3) is 4.69. The van der Waals surface area contributed by atoms with Crippen LogP contribution in [-0.4, -0.2) is 89.9 Å². The van der Waals surface area contributed by atoms with E-state index in [-0.39, 0.29) is 97.7 Å². The topological polar surface area (TPSA) is 130 Å². The first-order valence-corrected chi connectivity index (χ1v) is 16.7. The first-order chi connectivity index (χ1) is 22.7. The van der Waals surface area contributed by atoms with Crippen LogP contribution in [0.4, 0.5) is 24.0 Å². The zero-order chi connectivity index (χ0) is 32.6. The predicted octanol–water partition coefficient (Wildman–Crippen LogP) is 5.20. The van der Waals surface area contributed by atoms with E-state index in [9.17, 15) is 14.8 Å². The number of anilines is 2. The van der Waals surface area contributed by atoms with Gasteiger partial charge in [-0.2, -0.15) is 15.2 Å². The fraction of sp³-hybridized carbons (Fsp3) is 0.469. The maximum absolute atomic E-state index is 17.2. The normalized spacial score (nSPS) is 25.4. The largest absolute Gasteiger partial charge is 0.483 e. The Morgan fingerprint density at radius 1 is 1.28 bits per heavy atom. The van der Waals surface area contributed by atoms with E-state index in [0.29, 0.717) is 26.0 Å². The first-order valence-electron chi connectivity index (χ1n) is 15.5. The zero-order valence-corrected chi connectivity index (χ0v) is 26.6. The number of nitrogens with zero attached hydrogens (tertiary/aromatic N) is 5. The number of aliphatic hydroxyl groups excluding tert-OH is 1. The summed E-state index contributed by atoms with van der Waals surface area (Å²) in [5, 5.41) is 20.3. The summed E-state index contributed by atoms with van der Waals surface area (Å²) >= 11 is 7.95. The van der Waals surface area contributed by atoms with E-state index >= 15 is 8.78 Å². The molecular weight excluding hydrogens is 657 g/mol. The minimum atomic E-state index is -0.967. The summed E-state index contributed by atoms with van der Waals surface area (Å²) in [6, 6.07) is 4.11. The molecule has 15 heteroatoms. The van der Waals surface area contributed by atoms with Crippen LogP contribution in [0.5, 0.6) is 11.8 Å². The molecule has 2 aromatic carbocycles. The molecule has 0 saturated carbocycles. The summed E-state index contributed by atoms with van der Waals surface area (Å²) in [5.74, 6) is -1.11. The van der Waals surface area contributed by atoms with Gasteiger partial charge >= 0.3 is 6.01 Å². The van der Waals surface area contributed by atoms with Crippen LogP contribution in [-0.2, 0) is 4.74 Å². The van der Waals surface area contributed by atoms with Crippen molar-refractivity contribution in [1.82, 2.24) is 14.9 Å². The SMILES string of the molecule is N#Cc1c(N)sc2c(F)ccc(-c3c(Cl)c4c5c(nc(OC[C@@]67CCCN6C[C@H](F)C7)nc5c3F)N(CCO)[C@H]3CCOC[C@@H]3O4)c12. The molecule has 3 N–H and O–H groups in total. The molecule has 0 amide bonds. The van der Waals surface area contributed by atoms with Gasteiger partial charge in [-0.3, -0.25) is 4.90 Å². The lowest BCUT2D eigenvalue weighted by atomic mass is 9.95. The molecule has 0 aliphatic carbocycles. The van der Waals surface area contributed by atoms with Gasteiger partial charge in [0.1, 0.15) is 47.1 Å². The van der Waals surface area contributed by atoms with Crippen molar-refractivity contribution in [2.75, 3.05) is 56.7 Å². The van der Waals surface area contributed by atoms with Gasteiger partial charge in [0.05, 0.1) is 45.5 Å². The van der Waals surface area contributed by atoms with Crippen molar-refractivity contribution in [1.29, 1.82) is 5.26 Å². The van der Waals surface area contributed by atoms with E-state index in [1.54, 1.807) is 0 Å². The van der Waals surface area contributed by atoms with E-state index in [2.05, 4.69) is 9.88 Å². The van der Waals surface area contributed by atoms with Crippen LogP contribution < -0.4 is 20.1 Å². The molecule has 4 aromatic rings. The number of ether oxygens (including phenoxy) is 3. The highest BCUT2D eigenvalue weighted by atomic mass is 35.5. The van der Waals surface area contributed by atoms with Crippen molar-refractivity contribution in [2.24, 2.45) is 0 Å². The van der Waals surface area contributed by atoms with Gasteiger partial charge in [0.25, 0.3) is 0 Å². The Morgan fingerprint density at radius 2 is 2.13 bits per heavy atom. The van der Waals surface area contributed by atoms with E-state index in [1.807, 2.05) is 11.0 Å². The number of rotatable bonds is 6. The molecular formula is C32H30ClF3N6O4S. The quantitative estimate of drug-likeness (QED) is 0.279. The Hall–Kier alpha value is -3.61.